The van der Waals surface area contributed by atoms with Gasteiger partial charge in [0.1, 0.15) is 0 Å². The van der Waals surface area contributed by atoms with Gasteiger partial charge in [-0.05, 0) is 31.0 Å². The van der Waals surface area contributed by atoms with Crippen molar-refractivity contribution in [3.63, 3.8) is 0 Å². The molecule has 0 aliphatic rings. The van der Waals surface area contributed by atoms with Crippen LogP contribution in [0.2, 0.25) is 5.02 Å². The number of rotatable bonds is 10. The number of carbonyl (C=O) groups is 1. The zero-order chi connectivity index (χ0) is 18.9. The summed E-state index contributed by atoms with van der Waals surface area (Å²) in [6.07, 6.45) is 2.66. The first-order chi connectivity index (χ1) is 12.6. The summed E-state index contributed by atoms with van der Waals surface area (Å²) in [4.78, 5) is 29.4. The van der Waals surface area contributed by atoms with E-state index in [-0.39, 0.29) is 17.2 Å². The molecule has 1 aromatic carbocycles. The van der Waals surface area contributed by atoms with E-state index >= 15 is 0 Å². The van der Waals surface area contributed by atoms with Gasteiger partial charge in [-0.3, -0.25) is 14.2 Å². The average molecular weight is 398 g/mol. The van der Waals surface area contributed by atoms with Gasteiger partial charge in [0.15, 0.2) is 5.16 Å². The second-order valence-corrected chi connectivity index (χ2v) is 7.23. The van der Waals surface area contributed by atoms with Crippen LogP contribution in [0.1, 0.15) is 26.2 Å². The number of nitrogens with zero attached hydrogens (tertiary/aromatic N) is 2. The van der Waals surface area contributed by atoms with E-state index in [1.54, 1.807) is 29.9 Å². The molecule has 0 saturated heterocycles. The molecule has 1 amide bonds. The molecule has 2 rings (SSSR count). The van der Waals surface area contributed by atoms with Crippen LogP contribution in [0.3, 0.4) is 0 Å². The number of amides is 1. The fraction of sp³-hybridized carbons (Fsp3) is 0.500. The molecule has 2 aromatic rings. The van der Waals surface area contributed by atoms with Gasteiger partial charge in [0.2, 0.25) is 5.91 Å². The monoisotopic (exact) mass is 397 g/mol. The maximum absolute atomic E-state index is 12.8. The summed E-state index contributed by atoms with van der Waals surface area (Å²) in [5.41, 5.74) is 0.413. The Hall–Kier alpha value is -1.57. The van der Waals surface area contributed by atoms with E-state index in [1.807, 2.05) is 0 Å². The molecule has 0 unspecified atom stereocenters. The van der Waals surface area contributed by atoms with E-state index in [4.69, 9.17) is 16.3 Å². The van der Waals surface area contributed by atoms with Crippen molar-refractivity contribution in [1.82, 2.24) is 14.9 Å². The number of methoxy groups -OCH3 is 1. The number of fused-ring (bicyclic) bond motifs is 1. The Kier molecular flexibility index (Phi) is 8.41. The molecule has 1 heterocycles. The van der Waals surface area contributed by atoms with E-state index in [0.717, 1.165) is 12.8 Å². The molecule has 142 valence electrons. The van der Waals surface area contributed by atoms with Crippen LogP contribution in [-0.4, -0.2) is 41.5 Å². The van der Waals surface area contributed by atoms with Gasteiger partial charge < -0.3 is 10.1 Å². The van der Waals surface area contributed by atoms with Crippen molar-refractivity contribution in [3.8, 4) is 0 Å². The molecule has 0 radical (unpaired) electrons. The number of hydrogen-bond acceptors (Lipinski definition) is 5. The van der Waals surface area contributed by atoms with Crippen molar-refractivity contribution in [3.05, 3.63) is 33.6 Å². The molecule has 0 spiro atoms. The Labute approximate surface area is 162 Å². The Morgan fingerprint density at radius 1 is 1.38 bits per heavy atom. The fourth-order valence-electron chi connectivity index (χ4n) is 2.43. The number of carbonyl (C=O) groups excluding carboxylic acids is 1. The van der Waals surface area contributed by atoms with Crippen LogP contribution >= 0.6 is 23.4 Å². The third-order valence-electron chi connectivity index (χ3n) is 3.80. The number of thioether (sulfide) groups is 1. The van der Waals surface area contributed by atoms with E-state index in [0.29, 0.717) is 47.2 Å². The van der Waals surface area contributed by atoms with Crippen LogP contribution in [-0.2, 0) is 16.1 Å². The number of benzene rings is 1. The van der Waals surface area contributed by atoms with Gasteiger partial charge >= 0.3 is 0 Å². The highest BCUT2D eigenvalue weighted by Crippen LogP contribution is 2.20. The van der Waals surface area contributed by atoms with Crippen molar-refractivity contribution in [1.29, 1.82) is 0 Å². The quantitative estimate of drug-likeness (QED) is 0.379. The lowest BCUT2D eigenvalue weighted by Crippen LogP contribution is -2.28. The van der Waals surface area contributed by atoms with Gasteiger partial charge in [0.25, 0.3) is 5.56 Å². The van der Waals surface area contributed by atoms with Crippen LogP contribution in [0.15, 0.2) is 28.2 Å². The molecule has 0 atom stereocenters. The molecular formula is C18H24ClN3O3S. The Bertz CT molecular complexity index is 810. The number of unbranched alkanes of at least 4 members (excludes halogenated alkanes) is 1. The van der Waals surface area contributed by atoms with Gasteiger partial charge in [0.05, 0.1) is 16.7 Å². The minimum Gasteiger partial charge on any atom is -0.385 e. The molecule has 0 bridgehead atoms. The number of hydrogen-bond donors (Lipinski definition) is 1. The molecule has 0 aliphatic heterocycles. The van der Waals surface area contributed by atoms with Crippen molar-refractivity contribution in [2.75, 3.05) is 26.0 Å². The van der Waals surface area contributed by atoms with E-state index in [1.165, 1.54) is 11.8 Å². The van der Waals surface area contributed by atoms with Gasteiger partial charge in [-0.15, -0.1) is 0 Å². The summed E-state index contributed by atoms with van der Waals surface area (Å²) in [6, 6.07) is 5.04. The topological polar surface area (TPSA) is 73.2 Å². The lowest BCUT2D eigenvalue weighted by molar-refractivity contribution is -0.118. The smallest absolute Gasteiger partial charge is 0.262 e. The number of halogens is 1. The lowest BCUT2D eigenvalue weighted by Gasteiger charge is -2.13. The van der Waals surface area contributed by atoms with Crippen LogP contribution in [0.4, 0.5) is 0 Å². The van der Waals surface area contributed by atoms with Crippen molar-refractivity contribution >= 4 is 40.2 Å². The largest absolute Gasteiger partial charge is 0.385 e. The minimum absolute atomic E-state index is 0.0627. The molecule has 0 saturated carbocycles. The summed E-state index contributed by atoms with van der Waals surface area (Å²) in [5, 5.41) is 4.43. The fourth-order valence-corrected chi connectivity index (χ4v) is 3.46. The highest BCUT2D eigenvalue weighted by Gasteiger charge is 2.13. The average Bonchev–Trinajstić information content (AvgIpc) is 2.62. The standard InChI is InChI=1S/C18H24ClN3O3S/c1-3-4-8-20-16(23)12-26-18-21-15-11-13(19)6-7-14(15)17(24)22(18)9-5-10-25-2/h6-7,11H,3-5,8-10,12H2,1-2H3,(H,20,23). The molecule has 26 heavy (non-hydrogen) atoms. The number of aromatic nitrogens is 2. The summed E-state index contributed by atoms with van der Waals surface area (Å²) >= 11 is 7.29. The van der Waals surface area contributed by atoms with Gasteiger partial charge in [0, 0.05) is 31.8 Å². The van der Waals surface area contributed by atoms with E-state index < -0.39 is 0 Å². The van der Waals surface area contributed by atoms with Gasteiger partial charge in [-0.25, -0.2) is 4.98 Å². The second kappa shape index (κ2) is 10.5. The molecule has 6 nitrogen and oxygen atoms in total. The first kappa shape index (κ1) is 20.7. The maximum atomic E-state index is 12.8. The lowest BCUT2D eigenvalue weighted by atomic mass is 10.2. The third kappa shape index (κ3) is 5.72. The Balaban J connectivity index is 2.24. The molecule has 8 heteroatoms. The number of nitrogens with one attached hydrogen (secondary N) is 1. The summed E-state index contributed by atoms with van der Waals surface area (Å²) in [6.45, 7) is 3.77. The van der Waals surface area contributed by atoms with Crippen LogP contribution in [0.5, 0.6) is 0 Å². The highest BCUT2D eigenvalue weighted by atomic mass is 35.5. The first-order valence-electron chi connectivity index (χ1n) is 8.65. The highest BCUT2D eigenvalue weighted by molar-refractivity contribution is 7.99. The maximum Gasteiger partial charge on any atom is 0.262 e. The minimum atomic E-state index is -0.128. The molecule has 1 aromatic heterocycles. The van der Waals surface area contributed by atoms with Crippen LogP contribution in [0, 0.1) is 0 Å². The Morgan fingerprint density at radius 3 is 2.92 bits per heavy atom. The summed E-state index contributed by atoms with van der Waals surface area (Å²) in [7, 11) is 1.62. The normalized spacial score (nSPS) is 11.0. The molecule has 1 N–H and O–H groups in total. The number of ether oxygens (including phenoxy) is 1. The SMILES string of the molecule is CCCCNC(=O)CSc1nc2cc(Cl)ccc2c(=O)n1CCCOC. The summed E-state index contributed by atoms with van der Waals surface area (Å²) in [5.74, 6) is 0.152. The zero-order valence-electron chi connectivity index (χ0n) is 15.1. The third-order valence-corrected chi connectivity index (χ3v) is 5.01. The predicted molar refractivity (Wildman–Crippen MR) is 106 cm³/mol. The first-order valence-corrected chi connectivity index (χ1v) is 10.0. The van der Waals surface area contributed by atoms with Crippen molar-refractivity contribution in [2.24, 2.45) is 0 Å². The van der Waals surface area contributed by atoms with Gasteiger partial charge in [-0.2, -0.15) is 0 Å². The van der Waals surface area contributed by atoms with Gasteiger partial charge in [-0.1, -0.05) is 36.7 Å². The van der Waals surface area contributed by atoms with Crippen LogP contribution < -0.4 is 10.9 Å². The Morgan fingerprint density at radius 2 is 2.19 bits per heavy atom. The van der Waals surface area contributed by atoms with Crippen molar-refractivity contribution < 1.29 is 9.53 Å². The molecule has 0 fully saturated rings. The van der Waals surface area contributed by atoms with E-state index in [9.17, 15) is 9.59 Å². The molecule has 0 aliphatic carbocycles. The van der Waals surface area contributed by atoms with Crippen molar-refractivity contribution in [2.45, 2.75) is 37.9 Å². The van der Waals surface area contributed by atoms with E-state index in [2.05, 4.69) is 17.2 Å². The van der Waals surface area contributed by atoms with Crippen LogP contribution in [0.25, 0.3) is 10.9 Å². The second-order valence-electron chi connectivity index (χ2n) is 5.85. The zero-order valence-corrected chi connectivity index (χ0v) is 16.7. The summed E-state index contributed by atoms with van der Waals surface area (Å²) < 4.78 is 6.69. The molecular weight excluding hydrogens is 374 g/mol. The predicted octanol–water partition coefficient (Wildman–Crippen LogP) is 3.09.